The van der Waals surface area contributed by atoms with Gasteiger partial charge in [-0.25, -0.2) is 0 Å². The number of benzene rings is 20. The molecule has 16 heteroatoms. The zero-order valence-electron chi connectivity index (χ0n) is 62.0. The molecule has 502 valence electrons. The molecular formula is C100H30ClK5O10. The topological polar surface area (TPSA) is 201 Å². The van der Waals surface area contributed by atoms with Crippen molar-refractivity contribution in [3.05, 3.63) is 255 Å². The molecule has 11 aliphatic carbocycles. The number of carboxylic acid groups (broad SMARTS) is 5. The first-order chi connectivity index (χ1) is 54.2. The zero-order chi connectivity index (χ0) is 71.5. The number of alkyl halides is 1. The van der Waals surface area contributed by atoms with Gasteiger partial charge in [-0.15, -0.1) is 11.6 Å². The molecule has 0 aromatic heterocycles. The third-order valence-corrected chi connectivity index (χ3v) is 34.0. The summed E-state index contributed by atoms with van der Waals surface area (Å²) < 4.78 is 0. The summed E-state index contributed by atoms with van der Waals surface area (Å²) in [4.78, 5) is 63.7. The van der Waals surface area contributed by atoms with Crippen LogP contribution in [0.25, 0.3) is 215 Å². The smallest absolute Gasteiger partial charge is 0.550 e. The van der Waals surface area contributed by atoms with Gasteiger partial charge in [0.05, 0.1) is 27.1 Å². The molecule has 4 unspecified atom stereocenters. The SMILES string of the molecule is O=C([O-])Cc1ccc(C23C4=C5C6(c7ccc(CC(=O)[O-])cc7)c7c2c2c8c3c3c9c%10c%11c%12c%13c%14c%15c%16c%17c%18c(c6c6c7c7c2c2c%19c8c9c8c9c%10c%13c%10c%13c%14c%17c%14c%17c%18c6c6c7c2c2c(c%198)c(c9%10)c(c%13%14)c2c6%17)C%16(c2ccc(CC(=O)[O-])cc2)C5(Cl)C(=C4C3%11c2ccc(CC(=O)[O-])cc2)C%12%15c2ccc(CC(=O)[O-])cc2)cc1.[K+].[K+].[K+].[K+].[K+]. The van der Waals surface area contributed by atoms with E-state index >= 15 is 0 Å². The molecule has 0 radical (unpaired) electrons. The Morgan fingerprint density at radius 3 is 0.543 bits per heavy atom. The summed E-state index contributed by atoms with van der Waals surface area (Å²) in [5, 5.41) is 117. The predicted octanol–water partition coefficient (Wildman–Crippen LogP) is -2.01. The fraction of sp³-hybridized carbons (Fsp3) is 0.110. The van der Waals surface area contributed by atoms with Gasteiger partial charge in [0.15, 0.2) is 0 Å². The van der Waals surface area contributed by atoms with Gasteiger partial charge in [0.25, 0.3) is 0 Å². The first kappa shape index (κ1) is 67.5. The van der Waals surface area contributed by atoms with E-state index in [4.69, 9.17) is 0 Å². The molecule has 4 atom stereocenters. The quantitative estimate of drug-likeness (QED) is 0.0628. The normalized spacial score (nSPS) is 23.4. The molecule has 0 spiro atoms. The number of rotatable bonds is 15. The molecule has 0 saturated heterocycles. The van der Waals surface area contributed by atoms with Crippen LogP contribution in [0.15, 0.2) is 144 Å². The fourth-order valence-electron chi connectivity index (χ4n) is 32.1. The van der Waals surface area contributed by atoms with Gasteiger partial charge < -0.3 is 49.5 Å². The Balaban J connectivity index is 0.00000133. The third-order valence-electron chi connectivity index (χ3n) is 33.4. The van der Waals surface area contributed by atoms with E-state index in [9.17, 15) is 61.1 Å². The van der Waals surface area contributed by atoms with Crippen LogP contribution in [-0.2, 0) is 83.2 Å². The number of halogens is 1. The molecule has 0 N–H and O–H groups in total. The molecule has 116 heavy (non-hydrogen) atoms. The molecule has 0 fully saturated rings. The van der Waals surface area contributed by atoms with Crippen LogP contribution in [0.1, 0.15) is 111 Å². The molecule has 26 aromatic rings. The van der Waals surface area contributed by atoms with E-state index in [2.05, 4.69) is 60.7 Å². The van der Waals surface area contributed by atoms with Gasteiger partial charge in [-0.05, 0) is 349 Å². The van der Waals surface area contributed by atoms with Crippen molar-refractivity contribution < 1.29 is 306 Å². The van der Waals surface area contributed by atoms with Crippen LogP contribution >= 0.6 is 11.6 Å². The Morgan fingerprint density at radius 2 is 0.353 bits per heavy atom. The summed E-state index contributed by atoms with van der Waals surface area (Å²) in [5.41, 5.74) is 17.2. The van der Waals surface area contributed by atoms with Crippen molar-refractivity contribution >= 4 is 257 Å². The third kappa shape index (κ3) is 5.24. The Kier molecular flexibility index (Phi) is 11.0. The van der Waals surface area contributed by atoms with Crippen LogP contribution in [-0.4, -0.2) is 34.7 Å². The zero-order valence-corrected chi connectivity index (χ0v) is 78.4. The van der Waals surface area contributed by atoms with Gasteiger partial charge in [0.2, 0.25) is 0 Å². The number of allylic oxidation sites excluding steroid dienone is 4. The van der Waals surface area contributed by atoms with Gasteiger partial charge >= 0.3 is 257 Å². The second-order valence-corrected chi connectivity index (χ2v) is 36.5. The molecule has 11 aliphatic rings. The van der Waals surface area contributed by atoms with Crippen LogP contribution in [0.2, 0.25) is 0 Å². The van der Waals surface area contributed by atoms with E-state index in [1.165, 1.54) is 260 Å². The Bertz CT molecular complexity index is 9070. The molecule has 0 saturated carbocycles. The number of carboxylic acids is 5. The Hall–Kier alpha value is -5.10. The fourth-order valence-corrected chi connectivity index (χ4v) is 32.9. The summed E-state index contributed by atoms with van der Waals surface area (Å²) in [5.74, 6) is -5.95. The van der Waals surface area contributed by atoms with Crippen molar-refractivity contribution in [1.29, 1.82) is 0 Å². The largest absolute Gasteiger partial charge is 1.00 e. The number of aliphatic carboxylic acids is 5. The first-order valence-corrected chi connectivity index (χ1v) is 39.0. The van der Waals surface area contributed by atoms with Crippen molar-refractivity contribution in [1.82, 2.24) is 0 Å². The first-order valence-electron chi connectivity index (χ1n) is 38.6. The van der Waals surface area contributed by atoms with E-state index in [1.807, 2.05) is 60.7 Å². The average Bonchev–Trinajstić information content (AvgIpc) is 1.36. The number of carbonyl (C=O) groups is 5. The van der Waals surface area contributed by atoms with Crippen LogP contribution in [0.3, 0.4) is 0 Å². The number of hydrogen-bond acceptors (Lipinski definition) is 10. The summed E-state index contributed by atoms with van der Waals surface area (Å²) in [6, 6.07) is 42.3. The average molecular weight is 1620 g/mol. The van der Waals surface area contributed by atoms with Crippen molar-refractivity contribution in [2.45, 2.75) is 64.1 Å². The minimum Gasteiger partial charge on any atom is -0.550 e. The number of carbonyl (C=O) groups excluding carboxylic acids is 5. The maximum absolute atomic E-state index is 13.1. The molecular weight excluding hydrogens is 1590 g/mol. The van der Waals surface area contributed by atoms with E-state index in [0.717, 1.165) is 61.2 Å². The summed E-state index contributed by atoms with van der Waals surface area (Å²) in [7, 11) is 0. The summed E-state index contributed by atoms with van der Waals surface area (Å²) in [6.07, 6.45) is -1.56. The molecule has 26 aromatic carbocycles. The van der Waals surface area contributed by atoms with Crippen molar-refractivity contribution in [3.8, 4) is 0 Å². The van der Waals surface area contributed by atoms with Crippen LogP contribution in [0, 0.1) is 0 Å². The Labute approximate surface area is 866 Å². The van der Waals surface area contributed by atoms with Crippen LogP contribution < -0.4 is 282 Å². The standard InChI is InChI=1S/C100H35ClO10.5K/c101-100-93-91-92-94(100)98(34-17-7-29(8-18-34)24-39(108)109)86-76-66-56-48-43-41-42-44-45(43)50-58(56)68-70-60(50)59-49(44)57-55-47(42)53-51-46(41)52-54(48)64(66)74-72-62(52)61(51)71-73-63(53)65(55)75-77-67(57)69(59)79-80(70)90(88(98)78(68)76)99(100,35-19-9-30(10-20-35)25-40(110)111)89(79)87(77)97(93,33-15-5-28(6-16-33)23-38(106)107)85(75)83(73)95(91,31-11-1-26(2-12-31)21-36(102)103)81(71)82(72)96(92,84(74)86)32-13-3-27(4-14-32)22-37(104)105;;;;;/h1-20H,21-25H2,(H,102,103)(H,104,105)(H,106,107)(H,108,109)(H,110,111);;;;;/q;5*+1/p-5. The van der Waals surface area contributed by atoms with Gasteiger partial charge in [-0.1, -0.05) is 121 Å². The van der Waals surface area contributed by atoms with Crippen LogP contribution in [0.4, 0.5) is 0 Å². The molecule has 0 heterocycles. The molecule has 0 bridgehead atoms. The van der Waals surface area contributed by atoms with E-state index in [1.54, 1.807) is 0 Å². The minimum atomic E-state index is -1.74. The van der Waals surface area contributed by atoms with Gasteiger partial charge in [0.1, 0.15) is 4.87 Å². The molecule has 37 rings (SSSR count). The van der Waals surface area contributed by atoms with E-state index in [-0.39, 0.29) is 289 Å². The van der Waals surface area contributed by atoms with Gasteiger partial charge in [-0.2, -0.15) is 0 Å². The summed E-state index contributed by atoms with van der Waals surface area (Å²) in [6.45, 7) is 0. The molecule has 0 aliphatic heterocycles. The van der Waals surface area contributed by atoms with E-state index < -0.39 is 61.8 Å². The van der Waals surface area contributed by atoms with Crippen LogP contribution in [0.5, 0.6) is 0 Å². The maximum atomic E-state index is 13.1. The maximum Gasteiger partial charge on any atom is 1.00 e. The van der Waals surface area contributed by atoms with Gasteiger partial charge in [0, 0.05) is 62.0 Å². The minimum absolute atomic E-state index is 0. The second kappa shape index (κ2) is 18.9. The molecule has 0 amide bonds. The van der Waals surface area contributed by atoms with Crippen molar-refractivity contribution in [2.24, 2.45) is 0 Å². The Morgan fingerprint density at radius 1 is 0.207 bits per heavy atom. The van der Waals surface area contributed by atoms with Crippen molar-refractivity contribution in [3.63, 3.8) is 0 Å². The molecule has 10 nitrogen and oxygen atoms in total. The number of hydrogen-bond donors (Lipinski definition) is 0. The summed E-state index contributed by atoms with van der Waals surface area (Å²) >= 11 is 11.1. The second-order valence-electron chi connectivity index (χ2n) is 35.9. The monoisotopic (exact) mass is 1620 g/mol. The van der Waals surface area contributed by atoms with Gasteiger partial charge in [-0.3, -0.25) is 0 Å². The van der Waals surface area contributed by atoms with Crippen molar-refractivity contribution in [2.75, 3.05) is 0 Å². The predicted molar refractivity (Wildman–Crippen MR) is 416 cm³/mol. The van der Waals surface area contributed by atoms with E-state index in [0.29, 0.717) is 27.8 Å².